The summed E-state index contributed by atoms with van der Waals surface area (Å²) in [5, 5.41) is 15.0. The Bertz CT molecular complexity index is 778. The number of para-hydroxylation sites is 2. The molecule has 152 valence electrons. The second-order valence-corrected chi connectivity index (χ2v) is 9.72. The minimum absolute atomic E-state index is 0.165. The van der Waals surface area contributed by atoms with Gasteiger partial charge in [0.25, 0.3) is 5.91 Å². The molecule has 1 saturated heterocycles. The van der Waals surface area contributed by atoms with Crippen LogP contribution in [-0.2, 0) is 9.53 Å². The fourth-order valence-electron chi connectivity index (χ4n) is 6.60. The number of rotatable bonds is 5. The highest BCUT2D eigenvalue weighted by atomic mass is 16.7. The van der Waals surface area contributed by atoms with Crippen molar-refractivity contribution < 1.29 is 19.4 Å². The first-order valence-corrected chi connectivity index (χ1v) is 10.4. The molecule has 1 N–H and O–H groups in total. The summed E-state index contributed by atoms with van der Waals surface area (Å²) in [5.74, 6) is 2.27. The molecule has 28 heavy (non-hydrogen) atoms. The molecule has 1 aromatic rings. The van der Waals surface area contributed by atoms with Crippen LogP contribution in [0.25, 0.3) is 0 Å². The number of amides is 1. The van der Waals surface area contributed by atoms with Gasteiger partial charge in [0.1, 0.15) is 17.0 Å². The van der Waals surface area contributed by atoms with Gasteiger partial charge < -0.3 is 14.6 Å². The molecule has 6 nitrogen and oxygen atoms in total. The van der Waals surface area contributed by atoms with Gasteiger partial charge >= 0.3 is 0 Å². The Labute approximate surface area is 166 Å². The number of hydrogen-bond donors (Lipinski definition) is 1. The standard InChI is InChI=1S/C22H30N2O4/c1-21(2)20(25)23(24(21)17-6-4-5-7-18(17)28-13-27-3)19-15-8-14-9-16(19)12-22(26,10-14)11-15/h4-7,14-16,19,26H,8-13H2,1-3H3/t14?,15?,16?,19-,22+. The molecule has 1 heterocycles. The van der Waals surface area contributed by atoms with Crippen molar-refractivity contribution in [3.63, 3.8) is 0 Å². The smallest absolute Gasteiger partial charge is 0.268 e. The van der Waals surface area contributed by atoms with Crippen molar-refractivity contribution in [3.05, 3.63) is 24.3 Å². The maximum absolute atomic E-state index is 13.3. The van der Waals surface area contributed by atoms with E-state index in [4.69, 9.17) is 9.47 Å². The highest BCUT2D eigenvalue weighted by Crippen LogP contribution is 2.59. The van der Waals surface area contributed by atoms with Gasteiger partial charge in [-0.2, -0.15) is 0 Å². The van der Waals surface area contributed by atoms with E-state index in [-0.39, 0.29) is 18.7 Å². The lowest BCUT2D eigenvalue weighted by molar-refractivity contribution is -0.190. The van der Waals surface area contributed by atoms with E-state index in [0.29, 0.717) is 17.8 Å². The Balaban J connectivity index is 1.50. The maximum Gasteiger partial charge on any atom is 0.268 e. The molecule has 0 spiro atoms. The van der Waals surface area contributed by atoms with Crippen LogP contribution >= 0.6 is 0 Å². The number of ether oxygens (including phenoxy) is 2. The third-order valence-electron chi connectivity index (χ3n) is 7.38. The molecule has 5 fully saturated rings. The average Bonchev–Trinajstić information content (AvgIpc) is 2.64. The van der Waals surface area contributed by atoms with Gasteiger partial charge in [-0.15, -0.1) is 0 Å². The fraction of sp³-hybridized carbons (Fsp3) is 0.682. The first kappa shape index (κ1) is 18.3. The Kier molecular flexibility index (Phi) is 3.98. The summed E-state index contributed by atoms with van der Waals surface area (Å²) in [4.78, 5) is 13.3. The molecule has 4 aliphatic carbocycles. The fourth-order valence-corrected chi connectivity index (χ4v) is 6.60. The van der Waals surface area contributed by atoms with Crippen molar-refractivity contribution in [1.29, 1.82) is 0 Å². The average molecular weight is 386 g/mol. The van der Waals surface area contributed by atoms with E-state index in [2.05, 4.69) is 5.01 Å². The number of carbonyl (C=O) groups is 1. The zero-order valence-electron chi connectivity index (χ0n) is 16.9. The van der Waals surface area contributed by atoms with Gasteiger partial charge in [-0.1, -0.05) is 12.1 Å². The Morgan fingerprint density at radius 2 is 1.82 bits per heavy atom. The lowest BCUT2D eigenvalue weighted by atomic mass is 9.52. The van der Waals surface area contributed by atoms with E-state index in [0.717, 1.165) is 43.5 Å². The molecule has 6 heteroatoms. The van der Waals surface area contributed by atoms with E-state index >= 15 is 0 Å². The van der Waals surface area contributed by atoms with Crippen molar-refractivity contribution in [2.75, 3.05) is 18.9 Å². The lowest BCUT2D eigenvalue weighted by Crippen LogP contribution is -2.81. The number of carbonyl (C=O) groups excluding carboxylic acids is 1. The van der Waals surface area contributed by atoms with Crippen LogP contribution in [0.2, 0.25) is 0 Å². The monoisotopic (exact) mass is 386 g/mol. The highest BCUT2D eigenvalue weighted by molar-refractivity contribution is 5.98. The largest absolute Gasteiger partial charge is 0.465 e. The quantitative estimate of drug-likeness (QED) is 0.789. The molecule has 5 aliphatic rings. The molecule has 2 unspecified atom stereocenters. The van der Waals surface area contributed by atoms with Crippen LogP contribution in [0.3, 0.4) is 0 Å². The van der Waals surface area contributed by atoms with E-state index in [1.54, 1.807) is 7.11 Å². The zero-order valence-corrected chi connectivity index (χ0v) is 16.9. The van der Waals surface area contributed by atoms with Gasteiger partial charge in [0.2, 0.25) is 0 Å². The van der Waals surface area contributed by atoms with Crippen LogP contribution in [0, 0.1) is 17.8 Å². The van der Waals surface area contributed by atoms with Crippen LogP contribution in [0.15, 0.2) is 24.3 Å². The first-order chi connectivity index (χ1) is 13.3. The molecule has 0 aromatic heterocycles. The van der Waals surface area contributed by atoms with Crippen LogP contribution in [0.1, 0.15) is 46.0 Å². The molecule has 4 bridgehead atoms. The topological polar surface area (TPSA) is 62.2 Å². The summed E-state index contributed by atoms with van der Waals surface area (Å²) >= 11 is 0. The van der Waals surface area contributed by atoms with Crippen molar-refractivity contribution in [2.24, 2.45) is 17.8 Å². The summed E-state index contributed by atoms with van der Waals surface area (Å²) < 4.78 is 10.9. The number of nitrogens with zero attached hydrogens (tertiary/aromatic N) is 2. The van der Waals surface area contributed by atoms with Gasteiger partial charge in [-0.3, -0.25) is 9.80 Å². The van der Waals surface area contributed by atoms with E-state index in [1.165, 1.54) is 0 Å². The van der Waals surface area contributed by atoms with E-state index in [9.17, 15) is 9.90 Å². The maximum atomic E-state index is 13.3. The van der Waals surface area contributed by atoms with Gasteiger partial charge in [0, 0.05) is 7.11 Å². The summed E-state index contributed by atoms with van der Waals surface area (Å²) in [5.41, 5.74) is -0.213. The molecular weight excluding hydrogens is 356 g/mol. The molecule has 1 aliphatic heterocycles. The van der Waals surface area contributed by atoms with Crippen molar-refractivity contribution in [3.8, 4) is 5.75 Å². The van der Waals surface area contributed by atoms with Gasteiger partial charge in [0.15, 0.2) is 6.79 Å². The molecule has 2 atom stereocenters. The Morgan fingerprint density at radius 1 is 1.14 bits per heavy atom. The minimum atomic E-state index is -0.613. The second kappa shape index (κ2) is 6.10. The molecular formula is C22H30N2O4. The van der Waals surface area contributed by atoms with Crippen molar-refractivity contribution in [2.45, 2.75) is 63.1 Å². The molecule has 0 radical (unpaired) electrons. The number of hydrogen-bond acceptors (Lipinski definition) is 5. The number of aliphatic hydroxyl groups is 1. The Hall–Kier alpha value is -1.79. The molecule has 1 aromatic carbocycles. The number of hydrazine groups is 1. The minimum Gasteiger partial charge on any atom is -0.465 e. The molecule has 4 saturated carbocycles. The highest BCUT2D eigenvalue weighted by Gasteiger charge is 2.63. The molecule has 6 rings (SSSR count). The summed E-state index contributed by atoms with van der Waals surface area (Å²) in [6.07, 6.45) is 4.85. The van der Waals surface area contributed by atoms with Crippen LogP contribution < -0.4 is 9.75 Å². The van der Waals surface area contributed by atoms with E-state index in [1.807, 2.05) is 43.1 Å². The van der Waals surface area contributed by atoms with Gasteiger partial charge in [-0.25, -0.2) is 5.01 Å². The van der Waals surface area contributed by atoms with Crippen LogP contribution in [0.4, 0.5) is 5.69 Å². The normalized spacial score (nSPS) is 37.9. The lowest BCUT2D eigenvalue weighted by Gasteiger charge is -2.67. The predicted molar refractivity (Wildman–Crippen MR) is 105 cm³/mol. The number of benzene rings is 1. The zero-order chi connectivity index (χ0) is 19.7. The summed E-state index contributed by atoms with van der Waals surface area (Å²) in [7, 11) is 1.60. The van der Waals surface area contributed by atoms with Crippen molar-refractivity contribution >= 4 is 11.6 Å². The first-order valence-electron chi connectivity index (χ1n) is 10.4. The van der Waals surface area contributed by atoms with Crippen molar-refractivity contribution in [1.82, 2.24) is 5.01 Å². The van der Waals surface area contributed by atoms with Crippen LogP contribution in [0.5, 0.6) is 5.75 Å². The summed E-state index contributed by atoms with van der Waals surface area (Å²) in [6, 6.07) is 8.02. The SMILES string of the molecule is COCOc1ccccc1N1N([C@H]2C3CC4CC2C[C@@](O)(C4)C3)C(=O)C1(C)C. The van der Waals surface area contributed by atoms with Crippen LogP contribution in [-0.4, -0.2) is 47.1 Å². The van der Waals surface area contributed by atoms with Gasteiger partial charge in [0.05, 0.1) is 11.6 Å². The third kappa shape index (κ3) is 2.50. The van der Waals surface area contributed by atoms with Gasteiger partial charge in [-0.05, 0) is 75.8 Å². The third-order valence-corrected chi connectivity index (χ3v) is 7.38. The molecule has 1 amide bonds. The number of anilines is 1. The number of methoxy groups -OCH3 is 1. The Morgan fingerprint density at radius 3 is 2.46 bits per heavy atom. The van der Waals surface area contributed by atoms with E-state index < -0.39 is 11.1 Å². The predicted octanol–water partition coefficient (Wildman–Crippen LogP) is 2.95. The second-order valence-electron chi connectivity index (χ2n) is 9.72. The summed E-state index contributed by atoms with van der Waals surface area (Å²) in [6.45, 7) is 4.12.